The highest BCUT2D eigenvalue weighted by atomic mass is 16.3. The first-order valence-electron chi connectivity index (χ1n) is 8.70. The second-order valence-electron chi connectivity index (χ2n) is 6.55. The average molecular weight is 314 g/mol. The molecule has 3 rings (SSSR count). The molecule has 1 heterocycles. The Bertz CT molecular complexity index is 671. The first-order valence-corrected chi connectivity index (χ1v) is 8.70. The number of carbonyl (C=O) groups excluding carboxylic acids is 1. The van der Waals surface area contributed by atoms with Crippen LogP contribution in [-0.4, -0.2) is 28.2 Å². The molecule has 1 atom stereocenters. The predicted molar refractivity (Wildman–Crippen MR) is 92.3 cm³/mol. The van der Waals surface area contributed by atoms with Crippen molar-refractivity contribution >= 4 is 16.8 Å². The number of carbonyl (C=O) groups is 1. The number of aromatic nitrogens is 1. The highest BCUT2D eigenvalue weighted by Gasteiger charge is 2.23. The van der Waals surface area contributed by atoms with E-state index in [2.05, 4.69) is 35.1 Å². The van der Waals surface area contributed by atoms with Crippen molar-refractivity contribution in [2.24, 2.45) is 5.92 Å². The third kappa shape index (κ3) is 3.58. The summed E-state index contributed by atoms with van der Waals surface area (Å²) in [4.78, 5) is 12.2. The Balaban J connectivity index is 1.61. The van der Waals surface area contributed by atoms with Crippen LogP contribution in [0.25, 0.3) is 10.9 Å². The van der Waals surface area contributed by atoms with Crippen molar-refractivity contribution < 1.29 is 9.90 Å². The molecule has 2 N–H and O–H groups in total. The second-order valence-corrected chi connectivity index (χ2v) is 6.55. The molecular weight excluding hydrogens is 288 g/mol. The van der Waals surface area contributed by atoms with Crippen LogP contribution in [0.3, 0.4) is 0 Å². The van der Waals surface area contributed by atoms with Crippen LogP contribution in [0.4, 0.5) is 0 Å². The summed E-state index contributed by atoms with van der Waals surface area (Å²) < 4.78 is 2.17. The molecular formula is C19H26N2O2. The van der Waals surface area contributed by atoms with Gasteiger partial charge in [0.1, 0.15) is 0 Å². The molecule has 2 aromatic rings. The fraction of sp³-hybridized carbons (Fsp3) is 0.526. The predicted octanol–water partition coefficient (Wildman–Crippen LogP) is 2.87. The number of nitrogens with zero attached hydrogens (tertiary/aromatic N) is 1. The molecule has 1 fully saturated rings. The van der Waals surface area contributed by atoms with Crippen LogP contribution in [0.2, 0.25) is 0 Å². The zero-order valence-electron chi connectivity index (χ0n) is 13.8. The molecule has 1 amide bonds. The van der Waals surface area contributed by atoms with Crippen LogP contribution in [0, 0.1) is 5.92 Å². The molecule has 23 heavy (non-hydrogen) atoms. The van der Waals surface area contributed by atoms with E-state index in [0.29, 0.717) is 18.9 Å². The van der Waals surface area contributed by atoms with Gasteiger partial charge in [0.15, 0.2) is 0 Å². The van der Waals surface area contributed by atoms with Gasteiger partial charge >= 0.3 is 0 Å². The first kappa shape index (κ1) is 16.1. The van der Waals surface area contributed by atoms with Crippen LogP contribution < -0.4 is 5.32 Å². The molecule has 1 unspecified atom stereocenters. The molecule has 1 aromatic carbocycles. The molecule has 0 spiro atoms. The molecule has 0 radical (unpaired) electrons. The molecule has 124 valence electrons. The smallest absolute Gasteiger partial charge is 0.224 e. The largest absolute Gasteiger partial charge is 0.391 e. The Morgan fingerprint density at radius 3 is 2.83 bits per heavy atom. The zero-order chi connectivity index (χ0) is 16.2. The minimum Gasteiger partial charge on any atom is -0.391 e. The van der Waals surface area contributed by atoms with E-state index in [1.165, 1.54) is 18.4 Å². The van der Waals surface area contributed by atoms with Crippen molar-refractivity contribution in [1.29, 1.82) is 0 Å². The Hall–Kier alpha value is -1.81. The monoisotopic (exact) mass is 314 g/mol. The minimum atomic E-state index is -0.404. The van der Waals surface area contributed by atoms with Crippen molar-refractivity contribution in [3.8, 4) is 0 Å². The van der Waals surface area contributed by atoms with Gasteiger partial charge in [0.2, 0.25) is 5.91 Å². The number of rotatable bonds is 6. The standard InChI is InChI=1S/C19H26N2O2/c1-2-21-13-15(16-9-5-6-10-17(16)21)11-19(23)20-12-18(22)14-7-3-4-8-14/h5-6,9-10,13-14,18,22H,2-4,7-8,11-12H2,1H3,(H,20,23). The van der Waals surface area contributed by atoms with Crippen LogP contribution in [0.5, 0.6) is 0 Å². The molecule has 4 nitrogen and oxygen atoms in total. The number of hydrogen-bond acceptors (Lipinski definition) is 2. The van der Waals surface area contributed by atoms with Gasteiger partial charge < -0.3 is 15.0 Å². The lowest BCUT2D eigenvalue weighted by Crippen LogP contribution is -2.36. The van der Waals surface area contributed by atoms with E-state index in [9.17, 15) is 9.90 Å². The Morgan fingerprint density at radius 2 is 2.09 bits per heavy atom. The maximum atomic E-state index is 12.2. The summed E-state index contributed by atoms with van der Waals surface area (Å²) in [7, 11) is 0. The maximum absolute atomic E-state index is 12.2. The fourth-order valence-electron chi connectivity index (χ4n) is 3.69. The van der Waals surface area contributed by atoms with E-state index >= 15 is 0 Å². The van der Waals surface area contributed by atoms with Gasteiger partial charge in [0, 0.05) is 30.2 Å². The summed E-state index contributed by atoms with van der Waals surface area (Å²) >= 11 is 0. The van der Waals surface area contributed by atoms with Gasteiger partial charge in [-0.25, -0.2) is 0 Å². The molecule has 1 aliphatic carbocycles. The van der Waals surface area contributed by atoms with Gasteiger partial charge in [0.05, 0.1) is 12.5 Å². The number of amides is 1. The van der Waals surface area contributed by atoms with Gasteiger partial charge in [0.25, 0.3) is 0 Å². The quantitative estimate of drug-likeness (QED) is 0.861. The van der Waals surface area contributed by atoms with E-state index in [1.54, 1.807) is 0 Å². The lowest BCUT2D eigenvalue weighted by atomic mass is 10.0. The van der Waals surface area contributed by atoms with Crippen molar-refractivity contribution in [1.82, 2.24) is 9.88 Å². The van der Waals surface area contributed by atoms with Crippen LogP contribution in [0.1, 0.15) is 38.2 Å². The number of aliphatic hydroxyl groups is 1. The molecule has 0 saturated heterocycles. The van der Waals surface area contributed by atoms with Gasteiger partial charge in [-0.2, -0.15) is 0 Å². The lowest BCUT2D eigenvalue weighted by molar-refractivity contribution is -0.121. The third-order valence-corrected chi connectivity index (χ3v) is 5.02. The fourth-order valence-corrected chi connectivity index (χ4v) is 3.69. The SMILES string of the molecule is CCn1cc(CC(=O)NCC(O)C2CCCC2)c2ccccc21. The number of aryl methyl sites for hydroxylation is 1. The van der Waals surface area contributed by atoms with Crippen LogP contribution in [0.15, 0.2) is 30.5 Å². The Morgan fingerprint density at radius 1 is 1.35 bits per heavy atom. The number of fused-ring (bicyclic) bond motifs is 1. The summed E-state index contributed by atoms with van der Waals surface area (Å²) in [6.07, 6.45) is 6.60. The highest BCUT2D eigenvalue weighted by molar-refractivity contribution is 5.89. The highest BCUT2D eigenvalue weighted by Crippen LogP contribution is 2.27. The second kappa shape index (κ2) is 7.18. The van der Waals surface area contributed by atoms with Gasteiger partial charge in [-0.05, 0) is 37.3 Å². The number of hydrogen-bond donors (Lipinski definition) is 2. The molecule has 1 aromatic heterocycles. The molecule has 4 heteroatoms. The van der Waals surface area contributed by atoms with Crippen LogP contribution in [-0.2, 0) is 17.8 Å². The Labute approximate surface area is 137 Å². The van der Waals surface area contributed by atoms with E-state index in [1.807, 2.05) is 12.1 Å². The topological polar surface area (TPSA) is 54.3 Å². The number of nitrogens with one attached hydrogen (secondary N) is 1. The average Bonchev–Trinajstić information content (AvgIpc) is 3.21. The number of aliphatic hydroxyl groups excluding tert-OH is 1. The molecule has 0 bridgehead atoms. The van der Waals surface area contributed by atoms with Gasteiger partial charge in [-0.15, -0.1) is 0 Å². The third-order valence-electron chi connectivity index (χ3n) is 5.02. The van der Waals surface area contributed by atoms with Crippen LogP contribution >= 0.6 is 0 Å². The Kier molecular flexibility index (Phi) is 5.01. The molecule has 1 saturated carbocycles. The summed E-state index contributed by atoms with van der Waals surface area (Å²) in [5, 5.41) is 14.2. The zero-order valence-corrected chi connectivity index (χ0v) is 13.8. The number of para-hydroxylation sites is 1. The maximum Gasteiger partial charge on any atom is 0.224 e. The van der Waals surface area contributed by atoms with Crippen molar-refractivity contribution in [3.05, 3.63) is 36.0 Å². The molecule has 1 aliphatic rings. The molecule has 0 aliphatic heterocycles. The van der Waals surface area contributed by atoms with Gasteiger partial charge in [-0.3, -0.25) is 4.79 Å². The summed E-state index contributed by atoms with van der Waals surface area (Å²) in [6, 6.07) is 8.19. The summed E-state index contributed by atoms with van der Waals surface area (Å²) in [5.74, 6) is 0.346. The van der Waals surface area contributed by atoms with Gasteiger partial charge in [-0.1, -0.05) is 31.0 Å². The summed E-state index contributed by atoms with van der Waals surface area (Å²) in [5.41, 5.74) is 2.22. The van der Waals surface area contributed by atoms with Crippen molar-refractivity contribution in [2.45, 2.75) is 51.7 Å². The van der Waals surface area contributed by atoms with Crippen molar-refractivity contribution in [3.63, 3.8) is 0 Å². The lowest BCUT2D eigenvalue weighted by Gasteiger charge is -2.18. The number of benzene rings is 1. The van der Waals surface area contributed by atoms with E-state index in [0.717, 1.165) is 30.3 Å². The van der Waals surface area contributed by atoms with E-state index in [-0.39, 0.29) is 5.91 Å². The van der Waals surface area contributed by atoms with E-state index < -0.39 is 6.10 Å². The first-order chi connectivity index (χ1) is 11.2. The minimum absolute atomic E-state index is 0.0129. The summed E-state index contributed by atoms with van der Waals surface area (Å²) in [6.45, 7) is 3.37. The normalized spacial score (nSPS) is 16.8. The van der Waals surface area contributed by atoms with Crippen molar-refractivity contribution in [2.75, 3.05) is 6.54 Å². The van der Waals surface area contributed by atoms with E-state index in [4.69, 9.17) is 0 Å².